The zero-order valence-corrected chi connectivity index (χ0v) is 54.1. The Bertz CT molecular complexity index is 1340. The van der Waals surface area contributed by atoms with E-state index in [4.69, 9.17) is 14.2 Å². The van der Waals surface area contributed by atoms with Crippen LogP contribution in [-0.4, -0.2) is 37.2 Å². The molecule has 0 saturated heterocycles. The number of unbranched alkanes of at least 4 members (excludes halogenated alkanes) is 50. The molecule has 0 rings (SSSR count). The summed E-state index contributed by atoms with van der Waals surface area (Å²) in [4.78, 5) is 38.4. The molecule has 0 spiro atoms. The van der Waals surface area contributed by atoms with Crippen LogP contribution < -0.4 is 0 Å². The standard InChI is InChI=1S/C74H138O6/c1-4-7-10-13-16-19-22-25-28-30-31-32-33-34-35-36-37-38-39-40-41-42-43-45-46-49-52-55-58-61-64-67-73(76)79-70-71(69-78-72(75)66-63-60-57-54-51-48-27-24-21-18-15-12-9-6-3)80-74(77)68-65-62-59-56-53-50-47-44-29-26-23-20-17-14-11-8-5-2/h22,25-26,29-31,71H,4-21,23-24,27-28,32-70H2,1-3H3/b25-22-,29-26-,31-30-. The number of allylic oxidation sites excluding steroid dienone is 6. The minimum absolute atomic E-state index is 0.0675. The average molecular weight is 1120 g/mol. The number of carbonyl (C=O) groups is 3. The van der Waals surface area contributed by atoms with Gasteiger partial charge in [-0.3, -0.25) is 14.4 Å². The number of hydrogen-bond acceptors (Lipinski definition) is 6. The number of rotatable bonds is 67. The highest BCUT2D eigenvalue weighted by molar-refractivity contribution is 5.71. The summed E-state index contributed by atoms with van der Waals surface area (Å²) >= 11 is 0. The fraction of sp³-hybridized carbons (Fsp3) is 0.878. The summed E-state index contributed by atoms with van der Waals surface area (Å²) in [5.74, 6) is -0.842. The van der Waals surface area contributed by atoms with Gasteiger partial charge in [-0.2, -0.15) is 0 Å². The summed E-state index contributed by atoms with van der Waals surface area (Å²) in [6.07, 6.45) is 86.1. The second kappa shape index (κ2) is 69.1. The topological polar surface area (TPSA) is 78.9 Å². The van der Waals surface area contributed by atoms with E-state index < -0.39 is 6.10 Å². The van der Waals surface area contributed by atoms with Crippen LogP contribution >= 0.6 is 0 Å². The van der Waals surface area contributed by atoms with Crippen LogP contribution in [-0.2, 0) is 28.6 Å². The van der Waals surface area contributed by atoms with E-state index in [1.54, 1.807) is 0 Å². The van der Waals surface area contributed by atoms with Gasteiger partial charge < -0.3 is 14.2 Å². The zero-order chi connectivity index (χ0) is 57.8. The van der Waals surface area contributed by atoms with Gasteiger partial charge in [0.25, 0.3) is 0 Å². The van der Waals surface area contributed by atoms with E-state index in [1.807, 2.05) is 0 Å². The van der Waals surface area contributed by atoms with Crippen LogP contribution in [0.3, 0.4) is 0 Å². The zero-order valence-electron chi connectivity index (χ0n) is 54.1. The van der Waals surface area contributed by atoms with Crippen molar-refractivity contribution in [3.8, 4) is 0 Å². The normalized spacial score (nSPS) is 12.2. The predicted octanol–water partition coefficient (Wildman–Crippen LogP) is 24.7. The van der Waals surface area contributed by atoms with Gasteiger partial charge in [-0.1, -0.05) is 340 Å². The Morgan fingerprint density at radius 3 is 0.700 bits per heavy atom. The van der Waals surface area contributed by atoms with Crippen molar-refractivity contribution in [3.05, 3.63) is 36.5 Å². The molecule has 0 aromatic carbocycles. The van der Waals surface area contributed by atoms with E-state index >= 15 is 0 Å². The Kier molecular flexibility index (Phi) is 67.1. The van der Waals surface area contributed by atoms with Gasteiger partial charge in [0.15, 0.2) is 6.10 Å². The fourth-order valence-corrected chi connectivity index (χ4v) is 10.9. The van der Waals surface area contributed by atoms with Crippen molar-refractivity contribution in [2.75, 3.05) is 13.2 Å². The lowest BCUT2D eigenvalue weighted by atomic mass is 10.0. The maximum Gasteiger partial charge on any atom is 0.306 e. The highest BCUT2D eigenvalue weighted by Crippen LogP contribution is 2.18. The molecule has 0 saturated carbocycles. The molecule has 0 heterocycles. The van der Waals surface area contributed by atoms with E-state index in [1.165, 1.54) is 295 Å². The molecule has 470 valence electrons. The SMILES string of the molecule is CCCCCCC/C=C\C/C=C\CCCCCCCCCCCCCCCCCCCCCC(=O)OCC(COC(=O)CCCCCCCCCCCCCCCC)OC(=O)CCCCCCCCC/C=C\CCCCCCCC. The molecule has 0 aliphatic rings. The van der Waals surface area contributed by atoms with Crippen molar-refractivity contribution in [3.63, 3.8) is 0 Å². The molecule has 0 aliphatic heterocycles. The largest absolute Gasteiger partial charge is 0.462 e. The molecule has 0 fully saturated rings. The molecule has 1 unspecified atom stereocenters. The van der Waals surface area contributed by atoms with E-state index in [0.717, 1.165) is 64.2 Å². The second-order valence-electron chi connectivity index (χ2n) is 24.5. The van der Waals surface area contributed by atoms with E-state index in [-0.39, 0.29) is 31.1 Å². The summed E-state index contributed by atoms with van der Waals surface area (Å²) in [5.41, 5.74) is 0. The lowest BCUT2D eigenvalue weighted by molar-refractivity contribution is -0.167. The maximum atomic E-state index is 12.9. The summed E-state index contributed by atoms with van der Waals surface area (Å²) in [7, 11) is 0. The van der Waals surface area contributed by atoms with Crippen LogP contribution in [0.4, 0.5) is 0 Å². The average Bonchev–Trinajstić information content (AvgIpc) is 3.46. The molecule has 1 atom stereocenters. The molecule has 0 aromatic heterocycles. The van der Waals surface area contributed by atoms with Crippen LogP contribution in [0.15, 0.2) is 36.5 Å². The minimum Gasteiger partial charge on any atom is -0.462 e. The Morgan fingerprint density at radius 1 is 0.250 bits per heavy atom. The van der Waals surface area contributed by atoms with Gasteiger partial charge >= 0.3 is 17.9 Å². The number of carbonyl (C=O) groups excluding carboxylic acids is 3. The fourth-order valence-electron chi connectivity index (χ4n) is 10.9. The van der Waals surface area contributed by atoms with Gasteiger partial charge in [-0.15, -0.1) is 0 Å². The number of esters is 3. The van der Waals surface area contributed by atoms with Crippen LogP contribution in [0.1, 0.15) is 400 Å². The summed E-state index contributed by atoms with van der Waals surface area (Å²) in [6, 6.07) is 0. The lowest BCUT2D eigenvalue weighted by Gasteiger charge is -2.18. The third-order valence-electron chi connectivity index (χ3n) is 16.4. The minimum atomic E-state index is -0.771. The molecule has 0 aromatic rings. The first kappa shape index (κ1) is 77.6. The van der Waals surface area contributed by atoms with Gasteiger partial charge in [0.05, 0.1) is 0 Å². The van der Waals surface area contributed by atoms with Crippen molar-refractivity contribution < 1.29 is 28.6 Å². The first-order valence-electron chi connectivity index (χ1n) is 36.0. The van der Waals surface area contributed by atoms with Crippen molar-refractivity contribution in [2.24, 2.45) is 0 Å². The summed E-state index contributed by atoms with van der Waals surface area (Å²) < 4.78 is 17.0. The molecule has 80 heavy (non-hydrogen) atoms. The second-order valence-corrected chi connectivity index (χ2v) is 24.5. The number of hydrogen-bond donors (Lipinski definition) is 0. The predicted molar refractivity (Wildman–Crippen MR) is 349 cm³/mol. The van der Waals surface area contributed by atoms with Crippen LogP contribution in [0, 0.1) is 0 Å². The van der Waals surface area contributed by atoms with Gasteiger partial charge in [-0.25, -0.2) is 0 Å². The Hall–Kier alpha value is -2.37. The van der Waals surface area contributed by atoms with Crippen molar-refractivity contribution in [1.29, 1.82) is 0 Å². The van der Waals surface area contributed by atoms with Crippen molar-refractivity contribution >= 4 is 17.9 Å². The maximum absolute atomic E-state index is 12.9. The van der Waals surface area contributed by atoms with E-state index in [2.05, 4.69) is 57.2 Å². The molecule has 6 heteroatoms. The van der Waals surface area contributed by atoms with E-state index in [9.17, 15) is 14.4 Å². The first-order valence-corrected chi connectivity index (χ1v) is 36.0. The molecule has 0 radical (unpaired) electrons. The van der Waals surface area contributed by atoms with Crippen LogP contribution in [0.5, 0.6) is 0 Å². The molecule has 6 nitrogen and oxygen atoms in total. The monoisotopic (exact) mass is 1120 g/mol. The quantitative estimate of drug-likeness (QED) is 0.0261. The molecule has 0 amide bonds. The molecule has 0 bridgehead atoms. The van der Waals surface area contributed by atoms with Gasteiger partial charge in [-0.05, 0) is 77.0 Å². The van der Waals surface area contributed by atoms with Crippen molar-refractivity contribution in [2.45, 2.75) is 406 Å². The van der Waals surface area contributed by atoms with E-state index in [0.29, 0.717) is 19.3 Å². The first-order chi connectivity index (χ1) is 39.5. The smallest absolute Gasteiger partial charge is 0.306 e. The molecular weight excluding hydrogens is 985 g/mol. The lowest BCUT2D eigenvalue weighted by Crippen LogP contribution is -2.30. The Labute approximate surface area is 499 Å². The van der Waals surface area contributed by atoms with Gasteiger partial charge in [0, 0.05) is 19.3 Å². The van der Waals surface area contributed by atoms with Crippen LogP contribution in [0.2, 0.25) is 0 Å². The highest BCUT2D eigenvalue weighted by Gasteiger charge is 2.19. The highest BCUT2D eigenvalue weighted by atomic mass is 16.6. The summed E-state index contributed by atoms with van der Waals surface area (Å²) in [5, 5.41) is 0. The molecule has 0 N–H and O–H groups in total. The molecule has 0 aliphatic carbocycles. The van der Waals surface area contributed by atoms with Gasteiger partial charge in [0.1, 0.15) is 13.2 Å². The third-order valence-corrected chi connectivity index (χ3v) is 16.4. The third kappa shape index (κ3) is 66.4. The van der Waals surface area contributed by atoms with Crippen molar-refractivity contribution in [1.82, 2.24) is 0 Å². The number of ether oxygens (including phenoxy) is 3. The Morgan fingerprint density at radius 2 is 0.450 bits per heavy atom. The Balaban J connectivity index is 4.15. The molecular formula is C74H138O6. The summed E-state index contributed by atoms with van der Waals surface area (Å²) in [6.45, 7) is 6.69. The van der Waals surface area contributed by atoms with Crippen LogP contribution in [0.25, 0.3) is 0 Å². The van der Waals surface area contributed by atoms with Gasteiger partial charge in [0.2, 0.25) is 0 Å².